The van der Waals surface area contributed by atoms with Crippen LogP contribution < -0.4 is 5.73 Å². The van der Waals surface area contributed by atoms with Crippen LogP contribution in [-0.4, -0.2) is 11.9 Å². The fourth-order valence-electron chi connectivity index (χ4n) is 1.55. The summed E-state index contributed by atoms with van der Waals surface area (Å²) in [6.07, 6.45) is -4.48. The molecule has 1 aromatic rings. The first-order valence-corrected chi connectivity index (χ1v) is 4.47. The maximum Gasteiger partial charge on any atom is 0.429 e. The fourth-order valence-corrected chi connectivity index (χ4v) is 1.55. The van der Waals surface area contributed by atoms with Gasteiger partial charge in [-0.3, -0.25) is 0 Å². The predicted octanol–water partition coefficient (Wildman–Crippen LogP) is 2.34. The molecule has 0 amide bonds. The van der Waals surface area contributed by atoms with Crippen molar-refractivity contribution in [3.8, 4) is 0 Å². The molecule has 2 nitrogen and oxygen atoms in total. The van der Waals surface area contributed by atoms with Gasteiger partial charge in [-0.2, -0.15) is 13.2 Å². The van der Waals surface area contributed by atoms with Gasteiger partial charge in [0.1, 0.15) is 5.71 Å². The van der Waals surface area contributed by atoms with Crippen LogP contribution in [0.1, 0.15) is 11.1 Å². The van der Waals surface area contributed by atoms with E-state index >= 15 is 0 Å². The predicted molar refractivity (Wildman–Crippen MR) is 51.2 cm³/mol. The highest BCUT2D eigenvalue weighted by atomic mass is 19.4. The summed E-state index contributed by atoms with van der Waals surface area (Å²) in [5.74, 6) is 0. The second kappa shape index (κ2) is 3.34. The zero-order chi connectivity index (χ0) is 11.1. The van der Waals surface area contributed by atoms with Gasteiger partial charge in [-0.05, 0) is 17.2 Å². The van der Waals surface area contributed by atoms with Gasteiger partial charge in [-0.15, -0.1) is 0 Å². The molecule has 2 rings (SSSR count). The molecule has 0 aromatic heterocycles. The van der Waals surface area contributed by atoms with Crippen molar-refractivity contribution in [3.63, 3.8) is 0 Å². The lowest BCUT2D eigenvalue weighted by Gasteiger charge is -2.04. The molecule has 1 heterocycles. The summed E-state index contributed by atoms with van der Waals surface area (Å²) >= 11 is 0. The second-order valence-electron chi connectivity index (χ2n) is 3.40. The van der Waals surface area contributed by atoms with Crippen molar-refractivity contribution in [2.75, 3.05) is 0 Å². The van der Waals surface area contributed by atoms with Gasteiger partial charge >= 0.3 is 6.18 Å². The number of rotatable bonds is 1. The third kappa shape index (κ3) is 1.87. The Hall–Kier alpha value is -1.36. The van der Waals surface area contributed by atoms with E-state index in [1.54, 1.807) is 18.2 Å². The van der Waals surface area contributed by atoms with E-state index in [9.17, 15) is 13.2 Å². The molecule has 1 aliphatic rings. The van der Waals surface area contributed by atoms with Crippen molar-refractivity contribution in [2.45, 2.75) is 19.1 Å². The monoisotopic (exact) mass is 214 g/mol. The summed E-state index contributed by atoms with van der Waals surface area (Å²) < 4.78 is 37.1. The van der Waals surface area contributed by atoms with E-state index in [1.807, 2.05) is 0 Å². The first kappa shape index (κ1) is 10.2. The highest BCUT2D eigenvalue weighted by molar-refractivity contribution is 5.97. The van der Waals surface area contributed by atoms with Gasteiger partial charge in [0.15, 0.2) is 0 Å². The molecular weight excluding hydrogens is 205 g/mol. The molecule has 0 radical (unpaired) electrons. The summed E-state index contributed by atoms with van der Waals surface area (Å²) in [6.45, 7) is 0.328. The number of halogens is 3. The SMILES string of the molecule is NCc1ccc2c(c1)CC(C(F)(F)F)=N2. The number of aliphatic imine (C=N–C) groups is 1. The van der Waals surface area contributed by atoms with E-state index in [0.29, 0.717) is 17.8 Å². The number of alkyl halides is 3. The number of hydrogen-bond acceptors (Lipinski definition) is 2. The van der Waals surface area contributed by atoms with E-state index in [0.717, 1.165) is 5.56 Å². The molecule has 0 fully saturated rings. The lowest BCUT2D eigenvalue weighted by molar-refractivity contribution is -0.0597. The maximum atomic E-state index is 12.4. The summed E-state index contributed by atoms with van der Waals surface area (Å²) in [6, 6.07) is 4.95. The van der Waals surface area contributed by atoms with Crippen LogP contribution in [0.2, 0.25) is 0 Å². The molecule has 0 saturated heterocycles. The summed E-state index contributed by atoms with van der Waals surface area (Å²) in [5.41, 5.74) is 6.51. The van der Waals surface area contributed by atoms with Crippen LogP contribution in [0.3, 0.4) is 0 Å². The quantitative estimate of drug-likeness (QED) is 0.765. The minimum Gasteiger partial charge on any atom is -0.326 e. The molecule has 0 aliphatic carbocycles. The molecular formula is C10H9F3N2. The number of benzene rings is 1. The Morgan fingerprint density at radius 3 is 2.67 bits per heavy atom. The Morgan fingerprint density at radius 2 is 2.07 bits per heavy atom. The largest absolute Gasteiger partial charge is 0.429 e. The molecule has 0 saturated carbocycles. The standard InChI is InChI=1S/C10H9F3N2/c11-10(12,13)9-4-7-3-6(5-14)1-2-8(7)15-9/h1-3H,4-5,14H2. The van der Waals surface area contributed by atoms with E-state index in [2.05, 4.69) is 4.99 Å². The van der Waals surface area contributed by atoms with E-state index in [-0.39, 0.29) is 6.42 Å². The summed E-state index contributed by atoms with van der Waals surface area (Å²) in [4.78, 5) is 3.55. The van der Waals surface area contributed by atoms with Crippen LogP contribution in [0.15, 0.2) is 23.2 Å². The second-order valence-corrected chi connectivity index (χ2v) is 3.40. The van der Waals surface area contributed by atoms with Crippen molar-refractivity contribution in [3.05, 3.63) is 29.3 Å². The minimum atomic E-state index is -4.33. The Kier molecular flexibility index (Phi) is 2.26. The van der Waals surface area contributed by atoms with Crippen LogP contribution in [0.25, 0.3) is 0 Å². The molecule has 15 heavy (non-hydrogen) atoms. The molecule has 5 heteroatoms. The van der Waals surface area contributed by atoms with Gasteiger partial charge in [-0.1, -0.05) is 12.1 Å². The number of nitrogens with zero attached hydrogens (tertiary/aromatic N) is 1. The maximum absolute atomic E-state index is 12.4. The van der Waals surface area contributed by atoms with Gasteiger partial charge in [0, 0.05) is 13.0 Å². The molecule has 0 bridgehead atoms. The van der Waals surface area contributed by atoms with E-state index in [4.69, 9.17) is 5.73 Å². The Labute approximate surface area is 84.6 Å². The lowest BCUT2D eigenvalue weighted by atomic mass is 10.1. The fraction of sp³-hybridized carbons (Fsp3) is 0.300. The van der Waals surface area contributed by atoms with Crippen molar-refractivity contribution in [1.82, 2.24) is 0 Å². The normalized spacial score (nSPS) is 15.1. The van der Waals surface area contributed by atoms with Crippen LogP contribution in [0, 0.1) is 0 Å². The zero-order valence-electron chi connectivity index (χ0n) is 7.80. The topological polar surface area (TPSA) is 38.4 Å². The Bertz CT molecular complexity index is 421. The van der Waals surface area contributed by atoms with Crippen LogP contribution in [0.4, 0.5) is 18.9 Å². The molecule has 0 unspecified atom stereocenters. The van der Waals surface area contributed by atoms with Crippen molar-refractivity contribution in [2.24, 2.45) is 10.7 Å². The van der Waals surface area contributed by atoms with Gasteiger partial charge in [0.25, 0.3) is 0 Å². The van der Waals surface area contributed by atoms with Gasteiger partial charge in [-0.25, -0.2) is 4.99 Å². The van der Waals surface area contributed by atoms with E-state index in [1.165, 1.54) is 0 Å². The summed E-state index contributed by atoms with van der Waals surface area (Å²) in [5, 5.41) is 0. The molecule has 80 valence electrons. The first-order chi connectivity index (χ1) is 7.00. The minimum absolute atomic E-state index is 0.146. The zero-order valence-corrected chi connectivity index (χ0v) is 7.80. The molecule has 1 aliphatic heterocycles. The Morgan fingerprint density at radius 1 is 1.33 bits per heavy atom. The number of nitrogens with two attached hydrogens (primary N) is 1. The Balaban J connectivity index is 2.33. The average molecular weight is 214 g/mol. The van der Waals surface area contributed by atoms with E-state index < -0.39 is 11.9 Å². The lowest BCUT2D eigenvalue weighted by Crippen LogP contribution is -2.22. The third-order valence-corrected chi connectivity index (χ3v) is 2.32. The third-order valence-electron chi connectivity index (χ3n) is 2.32. The number of fused-ring (bicyclic) bond motifs is 1. The molecule has 1 aromatic carbocycles. The van der Waals surface area contributed by atoms with Gasteiger partial charge < -0.3 is 5.73 Å². The van der Waals surface area contributed by atoms with Crippen LogP contribution >= 0.6 is 0 Å². The first-order valence-electron chi connectivity index (χ1n) is 4.47. The summed E-state index contributed by atoms with van der Waals surface area (Å²) in [7, 11) is 0. The van der Waals surface area contributed by atoms with Gasteiger partial charge in [0.2, 0.25) is 0 Å². The van der Waals surface area contributed by atoms with Crippen LogP contribution in [-0.2, 0) is 13.0 Å². The molecule has 0 atom stereocenters. The highest BCUT2D eigenvalue weighted by Crippen LogP contribution is 2.33. The average Bonchev–Trinajstić information content (AvgIpc) is 2.59. The van der Waals surface area contributed by atoms with Crippen molar-refractivity contribution in [1.29, 1.82) is 0 Å². The van der Waals surface area contributed by atoms with Crippen molar-refractivity contribution < 1.29 is 13.2 Å². The van der Waals surface area contributed by atoms with Crippen molar-refractivity contribution >= 4 is 11.4 Å². The smallest absolute Gasteiger partial charge is 0.326 e. The molecule has 2 N–H and O–H groups in total. The molecule has 0 spiro atoms. The van der Waals surface area contributed by atoms with Gasteiger partial charge in [0.05, 0.1) is 5.69 Å². The number of hydrogen-bond donors (Lipinski definition) is 1. The highest BCUT2D eigenvalue weighted by Gasteiger charge is 2.38. The van der Waals surface area contributed by atoms with Crippen LogP contribution in [0.5, 0.6) is 0 Å².